The first-order chi connectivity index (χ1) is 18.2. The second kappa shape index (κ2) is 12.0. The minimum atomic E-state index is -1.53. The van der Waals surface area contributed by atoms with Gasteiger partial charge in [0, 0.05) is 0 Å². The van der Waals surface area contributed by atoms with Crippen LogP contribution in [-0.4, -0.2) is 28.2 Å². The largest absolute Gasteiger partial charge is 0.519 e. The summed E-state index contributed by atoms with van der Waals surface area (Å²) in [5.74, 6) is -3.85. The fourth-order valence-electron chi connectivity index (χ4n) is 2.97. The van der Waals surface area contributed by atoms with E-state index in [0.29, 0.717) is 11.8 Å². The first-order valence-electron chi connectivity index (χ1n) is 11.0. The number of esters is 1. The van der Waals surface area contributed by atoms with Gasteiger partial charge in [0.2, 0.25) is 0 Å². The van der Waals surface area contributed by atoms with Crippen molar-refractivity contribution >= 4 is 29.1 Å². The van der Waals surface area contributed by atoms with Crippen LogP contribution in [0.2, 0.25) is 0 Å². The highest BCUT2D eigenvalue weighted by Gasteiger charge is 2.41. The van der Waals surface area contributed by atoms with Crippen molar-refractivity contribution in [3.63, 3.8) is 0 Å². The van der Waals surface area contributed by atoms with Crippen LogP contribution in [0.25, 0.3) is 0 Å². The molecule has 1 atom stereocenters. The molecule has 0 aromatic carbocycles. The third-order valence-electron chi connectivity index (χ3n) is 5.05. The minimum absolute atomic E-state index is 0.0115. The summed E-state index contributed by atoms with van der Waals surface area (Å²) < 4.78 is 42.2. The van der Waals surface area contributed by atoms with Crippen LogP contribution in [0.4, 0.5) is 9.59 Å². The Morgan fingerprint density at radius 2 is 1.13 bits per heavy atom. The van der Waals surface area contributed by atoms with Crippen molar-refractivity contribution < 1.29 is 55.1 Å². The van der Waals surface area contributed by atoms with Crippen LogP contribution in [0.15, 0.2) is 40.9 Å². The van der Waals surface area contributed by atoms with E-state index in [0.717, 1.165) is 0 Å². The van der Waals surface area contributed by atoms with E-state index in [4.69, 9.17) is 36.3 Å². The zero-order valence-corrected chi connectivity index (χ0v) is 22.0. The van der Waals surface area contributed by atoms with Crippen molar-refractivity contribution in [3.8, 4) is 0 Å². The predicted molar refractivity (Wildman–Crippen MR) is 125 cm³/mol. The highest BCUT2D eigenvalue weighted by Crippen LogP contribution is 2.31. The molecular formula is C22H23NO15S. The number of hydrogen-bond acceptors (Lipinski definition) is 16. The van der Waals surface area contributed by atoms with Gasteiger partial charge >= 0.3 is 34.8 Å². The van der Waals surface area contributed by atoms with E-state index in [-0.39, 0.29) is 34.6 Å². The summed E-state index contributed by atoms with van der Waals surface area (Å²) in [6.45, 7) is 5.66. The molecule has 0 saturated carbocycles. The molecule has 17 heteroatoms. The Balaban J connectivity index is 1.70. The molecule has 0 spiro atoms. The molecule has 3 rings (SSSR count). The molecule has 1 N–H and O–H groups in total. The topological polar surface area (TPSA) is 221 Å². The second-order valence-corrected chi connectivity index (χ2v) is 9.90. The number of aryl methyl sites for hydroxylation is 3. The molecular weight excluding hydrogens is 550 g/mol. The molecule has 0 aliphatic carbocycles. The first-order valence-corrected chi connectivity index (χ1v) is 11.8. The van der Waals surface area contributed by atoms with Crippen molar-refractivity contribution in [2.75, 3.05) is 0 Å². The average molecular weight is 573 g/mol. The van der Waals surface area contributed by atoms with E-state index in [1.54, 1.807) is 0 Å². The Bertz CT molecular complexity index is 1510. The van der Waals surface area contributed by atoms with E-state index >= 15 is 0 Å². The van der Waals surface area contributed by atoms with Crippen LogP contribution in [-0.2, 0) is 38.8 Å². The lowest BCUT2D eigenvalue weighted by atomic mass is 10.0. The van der Waals surface area contributed by atoms with Gasteiger partial charge in [0.25, 0.3) is 0 Å². The van der Waals surface area contributed by atoms with E-state index < -0.39 is 65.4 Å². The van der Waals surface area contributed by atoms with Gasteiger partial charge in [-0.3, -0.25) is 0 Å². The van der Waals surface area contributed by atoms with Gasteiger partial charge in [0.15, 0.2) is 54.4 Å². The maximum absolute atomic E-state index is 13.0. The standard InChI is InChI=1S/C22H23NO15S/c1-9-12(36-18(26)33-9)6-30-16(24)15(23-17(25)31-7-13-10(2)34-19(27)37-13)22(4,5)39-21(29)32-8-14-11(3)35-20(28)38-14/h15H,6-8H2,1-5H3,(H,23,25)/t15-/m0/s1. The summed E-state index contributed by atoms with van der Waals surface area (Å²) in [5, 5.41) is 1.40. The maximum atomic E-state index is 13.0. The van der Waals surface area contributed by atoms with Crippen LogP contribution < -0.4 is 22.8 Å². The molecule has 0 aliphatic rings. The number of alkyl carbamates (subject to hydrolysis) is 1. The number of carbonyl (C=O) groups is 3. The van der Waals surface area contributed by atoms with Crippen LogP contribution in [0, 0.1) is 20.8 Å². The summed E-state index contributed by atoms with van der Waals surface area (Å²) in [6, 6.07) is -1.53. The molecule has 3 aromatic rings. The highest BCUT2D eigenvalue weighted by atomic mass is 32.2. The number of nitrogens with one attached hydrogen (secondary N) is 1. The lowest BCUT2D eigenvalue weighted by molar-refractivity contribution is -0.148. The van der Waals surface area contributed by atoms with Crippen molar-refractivity contribution in [3.05, 3.63) is 66.4 Å². The van der Waals surface area contributed by atoms with Crippen molar-refractivity contribution in [2.45, 2.75) is 65.2 Å². The van der Waals surface area contributed by atoms with E-state index in [9.17, 15) is 28.8 Å². The van der Waals surface area contributed by atoms with Gasteiger partial charge in [0.1, 0.15) is 6.04 Å². The lowest BCUT2D eigenvalue weighted by Gasteiger charge is -2.31. The molecule has 16 nitrogen and oxygen atoms in total. The van der Waals surface area contributed by atoms with Gasteiger partial charge in [-0.1, -0.05) is 0 Å². The summed E-state index contributed by atoms with van der Waals surface area (Å²) >= 11 is 0.512. The van der Waals surface area contributed by atoms with Gasteiger partial charge < -0.3 is 46.0 Å². The summed E-state index contributed by atoms with van der Waals surface area (Å²) in [5.41, 5.74) is 0. The SMILES string of the molecule is Cc1oc(=O)oc1COC(=O)N[C@@H](C(=O)OCc1oc(=O)oc1C)C(C)(C)SC(=O)OCc1oc(=O)oc1C. The maximum Gasteiger partial charge on any atom is 0.519 e. The van der Waals surface area contributed by atoms with E-state index in [1.165, 1.54) is 34.6 Å². The molecule has 0 bridgehead atoms. The second-order valence-electron chi connectivity index (χ2n) is 8.31. The molecule has 0 saturated heterocycles. The molecule has 0 aliphatic heterocycles. The van der Waals surface area contributed by atoms with Crippen LogP contribution in [0.3, 0.4) is 0 Å². The Kier molecular flexibility index (Phi) is 8.95. The highest BCUT2D eigenvalue weighted by molar-refractivity contribution is 8.14. The molecule has 3 aromatic heterocycles. The van der Waals surface area contributed by atoms with Crippen LogP contribution in [0.5, 0.6) is 0 Å². The summed E-state index contributed by atoms with van der Waals surface area (Å²) in [4.78, 5) is 71.6. The Morgan fingerprint density at radius 3 is 1.54 bits per heavy atom. The number of hydrogen-bond donors (Lipinski definition) is 1. The molecule has 39 heavy (non-hydrogen) atoms. The van der Waals surface area contributed by atoms with Gasteiger partial charge in [-0.15, -0.1) is 0 Å². The van der Waals surface area contributed by atoms with Crippen LogP contribution in [0.1, 0.15) is 48.4 Å². The average Bonchev–Trinajstić information content (AvgIpc) is 3.46. The number of carbonyl (C=O) groups excluding carboxylic acids is 3. The van der Waals surface area contributed by atoms with Crippen LogP contribution >= 0.6 is 11.8 Å². The number of rotatable bonds is 10. The predicted octanol–water partition coefficient (Wildman–Crippen LogP) is 2.44. The molecule has 1 amide bonds. The third-order valence-corrected chi connectivity index (χ3v) is 6.09. The fraction of sp³-hybridized carbons (Fsp3) is 0.455. The third kappa shape index (κ3) is 7.79. The summed E-state index contributed by atoms with van der Waals surface area (Å²) in [7, 11) is 0. The Labute approximate surface area is 221 Å². The number of thioether (sulfide) groups is 1. The monoisotopic (exact) mass is 573 g/mol. The Morgan fingerprint density at radius 1 is 0.718 bits per heavy atom. The van der Waals surface area contributed by atoms with E-state index in [1.807, 2.05) is 0 Å². The van der Waals surface area contributed by atoms with Crippen molar-refractivity contribution in [1.82, 2.24) is 5.32 Å². The fourth-order valence-corrected chi connectivity index (χ4v) is 3.79. The number of amides is 1. The van der Waals surface area contributed by atoms with Gasteiger partial charge in [-0.05, 0) is 46.4 Å². The normalized spacial score (nSPS) is 12.1. The van der Waals surface area contributed by atoms with Gasteiger partial charge in [0.05, 0.1) is 4.75 Å². The van der Waals surface area contributed by atoms with Crippen molar-refractivity contribution in [2.24, 2.45) is 0 Å². The summed E-state index contributed by atoms with van der Waals surface area (Å²) in [6.07, 6.45) is -1.14. The van der Waals surface area contributed by atoms with Gasteiger partial charge in [-0.25, -0.2) is 28.8 Å². The Hall–Kier alpha value is -4.41. The zero-order valence-electron chi connectivity index (χ0n) is 21.2. The van der Waals surface area contributed by atoms with E-state index in [2.05, 4.69) is 9.73 Å². The molecule has 0 unspecified atom stereocenters. The number of ether oxygens (including phenoxy) is 3. The first kappa shape index (κ1) is 29.2. The van der Waals surface area contributed by atoms with Crippen molar-refractivity contribution in [1.29, 1.82) is 0 Å². The smallest absolute Gasteiger partial charge is 0.456 e. The molecule has 0 fully saturated rings. The molecule has 3 heterocycles. The zero-order chi connectivity index (χ0) is 28.9. The minimum Gasteiger partial charge on any atom is -0.456 e. The molecule has 0 radical (unpaired) electrons. The molecule has 212 valence electrons. The van der Waals surface area contributed by atoms with Gasteiger partial charge in [-0.2, -0.15) is 0 Å². The quantitative estimate of drug-likeness (QED) is 0.272. The lowest BCUT2D eigenvalue weighted by Crippen LogP contribution is -2.53.